The summed E-state index contributed by atoms with van der Waals surface area (Å²) in [6.07, 6.45) is 0. The lowest BCUT2D eigenvalue weighted by Gasteiger charge is -2.13. The number of benzene rings is 2. The van der Waals surface area contributed by atoms with Crippen molar-refractivity contribution >= 4 is 28.6 Å². The van der Waals surface area contributed by atoms with E-state index in [1.807, 2.05) is 5.32 Å². The van der Waals surface area contributed by atoms with E-state index in [2.05, 4.69) is 9.84 Å². The summed E-state index contributed by atoms with van der Waals surface area (Å²) >= 11 is 0. The van der Waals surface area contributed by atoms with Gasteiger partial charge in [-0.25, -0.2) is 9.48 Å². The quantitative estimate of drug-likeness (QED) is 0.540. The molecular formula is C22H19F2N3O6. The van der Waals surface area contributed by atoms with Gasteiger partial charge in [0.25, 0.3) is 17.4 Å². The van der Waals surface area contributed by atoms with Crippen LogP contribution in [0.3, 0.4) is 0 Å². The Hall–Kier alpha value is -4.15. The molecule has 0 aliphatic carbocycles. The predicted octanol–water partition coefficient (Wildman–Crippen LogP) is 2.69. The second-order valence-corrected chi connectivity index (χ2v) is 7.09. The molecule has 33 heavy (non-hydrogen) atoms. The predicted molar refractivity (Wildman–Crippen MR) is 112 cm³/mol. The van der Waals surface area contributed by atoms with Gasteiger partial charge in [-0.2, -0.15) is 13.9 Å². The summed E-state index contributed by atoms with van der Waals surface area (Å²) in [6.45, 7) is -0.339. The van der Waals surface area contributed by atoms with E-state index in [1.165, 1.54) is 18.2 Å². The van der Waals surface area contributed by atoms with Crippen molar-refractivity contribution in [2.45, 2.75) is 26.5 Å². The lowest BCUT2D eigenvalue weighted by molar-refractivity contribution is -0.123. The molecule has 1 heterocycles. The highest BCUT2D eigenvalue weighted by molar-refractivity contribution is 6.06. The van der Waals surface area contributed by atoms with Crippen LogP contribution in [0.15, 0.2) is 53.3 Å². The van der Waals surface area contributed by atoms with Gasteiger partial charge >= 0.3 is 12.6 Å². The fourth-order valence-electron chi connectivity index (χ4n) is 2.93. The lowest BCUT2D eigenvalue weighted by atomic mass is 10.1. The summed E-state index contributed by atoms with van der Waals surface area (Å²) in [7, 11) is 0. The zero-order chi connectivity index (χ0) is 24.1. The molecule has 0 saturated heterocycles. The molecular weight excluding hydrogens is 440 g/mol. The number of esters is 1. The molecule has 0 fully saturated rings. The summed E-state index contributed by atoms with van der Waals surface area (Å²) in [5.41, 5.74) is -0.508. The number of nitrogens with one attached hydrogen (secondary N) is 1. The second-order valence-electron chi connectivity index (χ2n) is 7.09. The normalized spacial score (nSPS) is 11.0. The van der Waals surface area contributed by atoms with Crippen molar-refractivity contribution in [2.75, 3.05) is 6.61 Å². The SMILES string of the molecule is CC(C)n1nc(C(=O)OCC(=O)NC(=O)c2ccc(OC(F)F)cc2)c2ccccc2c1=O. The summed E-state index contributed by atoms with van der Waals surface area (Å²) in [4.78, 5) is 49.3. The van der Waals surface area contributed by atoms with E-state index in [4.69, 9.17) is 4.74 Å². The van der Waals surface area contributed by atoms with Gasteiger partial charge in [-0.3, -0.25) is 19.7 Å². The highest BCUT2D eigenvalue weighted by Gasteiger charge is 2.20. The Bertz CT molecular complexity index is 1260. The maximum absolute atomic E-state index is 12.6. The number of fused-ring (bicyclic) bond motifs is 1. The van der Waals surface area contributed by atoms with Gasteiger partial charge in [0.05, 0.1) is 11.4 Å². The number of nitrogens with zero attached hydrogens (tertiary/aromatic N) is 2. The van der Waals surface area contributed by atoms with Crippen LogP contribution in [0.4, 0.5) is 8.78 Å². The van der Waals surface area contributed by atoms with E-state index < -0.39 is 31.0 Å². The number of halogens is 2. The first-order valence-electron chi connectivity index (χ1n) is 9.75. The Morgan fingerprint density at radius 2 is 1.67 bits per heavy atom. The number of hydrogen-bond donors (Lipinski definition) is 1. The van der Waals surface area contributed by atoms with E-state index in [0.29, 0.717) is 0 Å². The molecule has 9 nitrogen and oxygen atoms in total. The van der Waals surface area contributed by atoms with E-state index in [-0.39, 0.29) is 39.4 Å². The first-order valence-corrected chi connectivity index (χ1v) is 9.75. The molecule has 11 heteroatoms. The first-order chi connectivity index (χ1) is 15.7. The Kier molecular flexibility index (Phi) is 7.11. The summed E-state index contributed by atoms with van der Waals surface area (Å²) in [5, 5.41) is 6.64. The van der Waals surface area contributed by atoms with Crippen LogP contribution in [-0.4, -0.2) is 40.8 Å². The van der Waals surface area contributed by atoms with Crippen LogP contribution in [-0.2, 0) is 9.53 Å². The van der Waals surface area contributed by atoms with Gasteiger partial charge in [0, 0.05) is 10.9 Å². The molecule has 0 saturated carbocycles. The van der Waals surface area contributed by atoms with Crippen molar-refractivity contribution < 1.29 is 32.6 Å². The van der Waals surface area contributed by atoms with Crippen LogP contribution < -0.4 is 15.6 Å². The number of carbonyl (C=O) groups is 3. The number of carbonyl (C=O) groups excluding carboxylic acids is 3. The second kappa shape index (κ2) is 9.98. The van der Waals surface area contributed by atoms with Gasteiger partial charge in [0.1, 0.15) is 5.75 Å². The third kappa shape index (κ3) is 5.56. The van der Waals surface area contributed by atoms with Gasteiger partial charge < -0.3 is 9.47 Å². The number of hydrogen-bond acceptors (Lipinski definition) is 7. The molecule has 3 rings (SSSR count). The lowest BCUT2D eigenvalue weighted by Crippen LogP contribution is -2.34. The topological polar surface area (TPSA) is 117 Å². The molecule has 0 radical (unpaired) electrons. The number of ether oxygens (including phenoxy) is 2. The monoisotopic (exact) mass is 459 g/mol. The molecule has 0 bridgehead atoms. The van der Waals surface area contributed by atoms with E-state index >= 15 is 0 Å². The van der Waals surface area contributed by atoms with Crippen molar-refractivity contribution in [3.05, 3.63) is 70.1 Å². The van der Waals surface area contributed by atoms with Crippen LogP contribution in [0.5, 0.6) is 5.75 Å². The largest absolute Gasteiger partial charge is 0.451 e. The van der Waals surface area contributed by atoms with Gasteiger partial charge in [0.2, 0.25) is 0 Å². The third-order valence-electron chi connectivity index (χ3n) is 4.44. The summed E-state index contributed by atoms with van der Waals surface area (Å²) in [5.74, 6) is -2.83. The Labute approximate surface area is 185 Å². The molecule has 0 spiro atoms. The Balaban J connectivity index is 1.68. The van der Waals surface area contributed by atoms with Crippen molar-refractivity contribution in [1.82, 2.24) is 15.1 Å². The van der Waals surface area contributed by atoms with Crippen LogP contribution in [0.1, 0.15) is 40.7 Å². The van der Waals surface area contributed by atoms with Crippen molar-refractivity contribution in [1.29, 1.82) is 0 Å². The standard InChI is InChI=1S/C22H19F2N3O6/c1-12(2)27-20(30)16-6-4-3-5-15(16)18(26-27)21(31)32-11-17(28)25-19(29)13-7-9-14(10-8-13)33-22(23)24/h3-10,12,22H,11H2,1-2H3,(H,25,28,29). The molecule has 3 aromatic rings. The molecule has 2 amide bonds. The fraction of sp³-hybridized carbons (Fsp3) is 0.227. The van der Waals surface area contributed by atoms with E-state index in [0.717, 1.165) is 16.8 Å². The zero-order valence-corrected chi connectivity index (χ0v) is 17.6. The average Bonchev–Trinajstić information content (AvgIpc) is 2.77. The molecule has 172 valence electrons. The van der Waals surface area contributed by atoms with Gasteiger partial charge in [-0.1, -0.05) is 18.2 Å². The van der Waals surface area contributed by atoms with Crippen LogP contribution in [0.25, 0.3) is 10.8 Å². The number of rotatable bonds is 7. The minimum absolute atomic E-state index is 0.00737. The first kappa shape index (κ1) is 23.5. The smallest absolute Gasteiger partial charge is 0.387 e. The highest BCUT2D eigenvalue weighted by atomic mass is 19.3. The molecule has 1 N–H and O–H groups in total. The molecule has 0 aliphatic heterocycles. The molecule has 0 atom stereocenters. The number of alkyl halides is 2. The maximum atomic E-state index is 12.6. The number of aromatic nitrogens is 2. The van der Waals surface area contributed by atoms with Crippen molar-refractivity contribution in [3.63, 3.8) is 0 Å². The van der Waals surface area contributed by atoms with Gasteiger partial charge in [0.15, 0.2) is 12.3 Å². The Morgan fingerprint density at radius 3 is 2.27 bits per heavy atom. The molecule has 0 aliphatic rings. The zero-order valence-electron chi connectivity index (χ0n) is 17.6. The summed E-state index contributed by atoms with van der Waals surface area (Å²) < 4.78 is 34.7. The number of imide groups is 1. The molecule has 0 unspecified atom stereocenters. The molecule has 2 aromatic carbocycles. The van der Waals surface area contributed by atoms with Crippen LogP contribution in [0, 0.1) is 0 Å². The van der Waals surface area contributed by atoms with Crippen molar-refractivity contribution in [2.24, 2.45) is 0 Å². The van der Waals surface area contributed by atoms with Crippen LogP contribution >= 0.6 is 0 Å². The fourth-order valence-corrected chi connectivity index (χ4v) is 2.93. The summed E-state index contributed by atoms with van der Waals surface area (Å²) in [6, 6.07) is 10.7. The van der Waals surface area contributed by atoms with Crippen molar-refractivity contribution in [3.8, 4) is 5.75 Å². The van der Waals surface area contributed by atoms with Gasteiger partial charge in [-0.05, 0) is 44.2 Å². The maximum Gasteiger partial charge on any atom is 0.387 e. The highest BCUT2D eigenvalue weighted by Crippen LogP contribution is 2.16. The minimum Gasteiger partial charge on any atom is -0.451 e. The van der Waals surface area contributed by atoms with Gasteiger partial charge in [-0.15, -0.1) is 0 Å². The van der Waals surface area contributed by atoms with E-state index in [9.17, 15) is 28.0 Å². The average molecular weight is 459 g/mol. The Morgan fingerprint density at radius 1 is 1.03 bits per heavy atom. The third-order valence-corrected chi connectivity index (χ3v) is 4.44. The minimum atomic E-state index is -3.01. The van der Waals surface area contributed by atoms with E-state index in [1.54, 1.807) is 32.0 Å². The van der Waals surface area contributed by atoms with Crippen LogP contribution in [0.2, 0.25) is 0 Å². The molecule has 1 aromatic heterocycles. The number of amides is 2.